The van der Waals surface area contributed by atoms with Gasteiger partial charge in [0.15, 0.2) is 0 Å². The smallest absolute Gasteiger partial charge is 0.337 e. The summed E-state index contributed by atoms with van der Waals surface area (Å²) in [6.07, 6.45) is 5.35. The highest BCUT2D eigenvalue weighted by Gasteiger charge is 2.39. The Bertz CT molecular complexity index is 1210. The molecule has 0 amide bonds. The van der Waals surface area contributed by atoms with E-state index in [-0.39, 0.29) is 17.5 Å². The number of benzene rings is 3. The summed E-state index contributed by atoms with van der Waals surface area (Å²) in [7, 11) is 0. The van der Waals surface area contributed by atoms with E-state index in [1.165, 1.54) is 0 Å². The fourth-order valence-corrected chi connectivity index (χ4v) is 5.38. The van der Waals surface area contributed by atoms with Gasteiger partial charge in [-0.2, -0.15) is 0 Å². The number of ether oxygens (including phenoxy) is 1. The van der Waals surface area contributed by atoms with Crippen LogP contribution in [-0.4, -0.2) is 11.1 Å². The average molecular weight is 511 g/mol. The minimum atomic E-state index is -0.933. The molecule has 0 fully saturated rings. The third-order valence-corrected chi connectivity index (χ3v) is 7.08. The summed E-state index contributed by atoms with van der Waals surface area (Å²) >= 11 is 9.69. The molecule has 3 aromatic rings. The van der Waals surface area contributed by atoms with Gasteiger partial charge in [-0.3, -0.25) is 0 Å². The molecule has 4 nitrogen and oxygen atoms in total. The molecule has 0 aromatic heterocycles. The Labute approximate surface area is 200 Å². The number of carboxylic acid groups (broad SMARTS) is 1. The lowest BCUT2D eigenvalue weighted by Gasteiger charge is -2.38. The van der Waals surface area contributed by atoms with Crippen LogP contribution in [0, 0.1) is 5.92 Å². The van der Waals surface area contributed by atoms with Gasteiger partial charge < -0.3 is 15.2 Å². The van der Waals surface area contributed by atoms with Crippen LogP contribution >= 0.6 is 27.5 Å². The SMILES string of the molecule is O=C(O)c1cc(Br)cc2c1N[C@@H](c1ccc(OCc3ccccc3Cl)cc1)[C@H]1CC=C[C@@H]21. The van der Waals surface area contributed by atoms with Gasteiger partial charge >= 0.3 is 5.97 Å². The van der Waals surface area contributed by atoms with Crippen LogP contribution in [0.1, 0.15) is 45.4 Å². The largest absolute Gasteiger partial charge is 0.489 e. The molecule has 3 aromatic carbocycles. The first-order valence-electron chi connectivity index (χ1n) is 10.5. The number of aromatic carboxylic acids is 1. The fourth-order valence-electron chi connectivity index (χ4n) is 4.71. The lowest BCUT2D eigenvalue weighted by atomic mass is 9.76. The van der Waals surface area contributed by atoms with E-state index >= 15 is 0 Å². The van der Waals surface area contributed by atoms with Gasteiger partial charge in [0.2, 0.25) is 0 Å². The van der Waals surface area contributed by atoms with Crippen LogP contribution in [0.4, 0.5) is 5.69 Å². The van der Waals surface area contributed by atoms with E-state index in [0.29, 0.717) is 23.2 Å². The molecule has 5 rings (SSSR count). The van der Waals surface area contributed by atoms with Gasteiger partial charge in [0.25, 0.3) is 0 Å². The van der Waals surface area contributed by atoms with Crippen molar-refractivity contribution in [2.24, 2.45) is 5.92 Å². The maximum atomic E-state index is 11.9. The van der Waals surface area contributed by atoms with Crippen molar-refractivity contribution >= 4 is 39.2 Å². The van der Waals surface area contributed by atoms with Gasteiger partial charge in [0, 0.05) is 21.0 Å². The lowest BCUT2D eigenvalue weighted by molar-refractivity contribution is 0.0697. The van der Waals surface area contributed by atoms with E-state index in [1.807, 2.05) is 42.5 Å². The molecule has 0 spiro atoms. The number of allylic oxidation sites excluding steroid dienone is 2. The zero-order valence-corrected chi connectivity index (χ0v) is 19.4. The minimum absolute atomic E-state index is 0.0133. The highest BCUT2D eigenvalue weighted by Crippen LogP contribution is 2.51. The maximum Gasteiger partial charge on any atom is 0.337 e. The molecule has 0 saturated carbocycles. The van der Waals surface area contributed by atoms with Crippen molar-refractivity contribution < 1.29 is 14.6 Å². The van der Waals surface area contributed by atoms with Crippen molar-refractivity contribution in [1.29, 1.82) is 0 Å². The molecule has 1 aliphatic heterocycles. The number of halogens is 2. The second-order valence-electron chi connectivity index (χ2n) is 8.15. The Morgan fingerprint density at radius 1 is 1.16 bits per heavy atom. The van der Waals surface area contributed by atoms with Crippen molar-refractivity contribution in [2.45, 2.75) is 25.0 Å². The molecule has 1 aliphatic carbocycles. The van der Waals surface area contributed by atoms with E-state index in [9.17, 15) is 9.90 Å². The second kappa shape index (κ2) is 8.64. The Morgan fingerprint density at radius 3 is 2.69 bits per heavy atom. The van der Waals surface area contributed by atoms with Gasteiger partial charge in [-0.25, -0.2) is 4.79 Å². The normalized spacial score (nSPS) is 20.9. The number of nitrogens with one attached hydrogen (secondary N) is 1. The Balaban J connectivity index is 1.41. The summed E-state index contributed by atoms with van der Waals surface area (Å²) in [4.78, 5) is 11.9. The van der Waals surface area contributed by atoms with Gasteiger partial charge in [0.05, 0.1) is 17.3 Å². The van der Waals surface area contributed by atoms with E-state index < -0.39 is 5.97 Å². The van der Waals surface area contributed by atoms with Gasteiger partial charge in [-0.15, -0.1) is 0 Å². The van der Waals surface area contributed by atoms with E-state index in [4.69, 9.17) is 16.3 Å². The number of anilines is 1. The topological polar surface area (TPSA) is 58.6 Å². The van der Waals surface area contributed by atoms with Crippen LogP contribution < -0.4 is 10.1 Å². The van der Waals surface area contributed by atoms with Crippen LogP contribution in [0.25, 0.3) is 0 Å². The van der Waals surface area contributed by atoms with Crippen molar-refractivity contribution in [2.75, 3.05) is 5.32 Å². The van der Waals surface area contributed by atoms with Crippen LogP contribution in [0.2, 0.25) is 5.02 Å². The summed E-state index contributed by atoms with van der Waals surface area (Å²) in [5.41, 5.74) is 4.08. The van der Waals surface area contributed by atoms with Crippen molar-refractivity contribution in [3.8, 4) is 5.75 Å². The summed E-state index contributed by atoms with van der Waals surface area (Å²) < 4.78 is 6.71. The molecule has 0 unspecified atom stereocenters. The first-order valence-corrected chi connectivity index (χ1v) is 11.6. The first kappa shape index (κ1) is 21.1. The third-order valence-electron chi connectivity index (χ3n) is 6.26. The Morgan fingerprint density at radius 2 is 1.94 bits per heavy atom. The molecular weight excluding hydrogens is 490 g/mol. The fraction of sp³-hybridized carbons (Fsp3) is 0.192. The average Bonchev–Trinajstić information content (AvgIpc) is 3.28. The zero-order chi connectivity index (χ0) is 22.2. The summed E-state index contributed by atoms with van der Waals surface area (Å²) in [5, 5.41) is 14.0. The molecule has 6 heteroatoms. The van der Waals surface area contributed by atoms with Crippen molar-refractivity contribution in [1.82, 2.24) is 0 Å². The third kappa shape index (κ3) is 3.91. The molecule has 2 aliphatic rings. The summed E-state index contributed by atoms with van der Waals surface area (Å²) in [6, 6.07) is 19.4. The first-order chi connectivity index (χ1) is 15.5. The number of hydrogen-bond donors (Lipinski definition) is 2. The highest BCUT2D eigenvalue weighted by molar-refractivity contribution is 9.10. The molecular formula is C26H21BrClNO3. The number of fused-ring (bicyclic) bond motifs is 3. The maximum absolute atomic E-state index is 11.9. The number of hydrogen-bond acceptors (Lipinski definition) is 3. The van der Waals surface area contributed by atoms with Crippen molar-refractivity contribution in [3.05, 3.63) is 105 Å². The molecule has 3 atom stereocenters. The van der Waals surface area contributed by atoms with E-state index in [2.05, 4.69) is 45.5 Å². The van der Waals surface area contributed by atoms with Crippen LogP contribution in [0.15, 0.2) is 77.3 Å². The van der Waals surface area contributed by atoms with Crippen LogP contribution in [0.5, 0.6) is 5.75 Å². The summed E-state index contributed by atoms with van der Waals surface area (Å²) in [5.74, 6) is 0.343. The molecule has 2 N–H and O–H groups in total. The van der Waals surface area contributed by atoms with E-state index in [0.717, 1.165) is 33.3 Å². The Hall–Kier alpha value is -2.76. The van der Waals surface area contributed by atoms with Gasteiger partial charge in [0.1, 0.15) is 12.4 Å². The minimum Gasteiger partial charge on any atom is -0.489 e. The van der Waals surface area contributed by atoms with E-state index in [1.54, 1.807) is 6.07 Å². The second-order valence-corrected chi connectivity index (χ2v) is 9.47. The van der Waals surface area contributed by atoms with Crippen LogP contribution in [-0.2, 0) is 6.61 Å². The molecule has 0 radical (unpaired) electrons. The summed E-state index contributed by atoms with van der Waals surface area (Å²) in [6.45, 7) is 0.402. The lowest BCUT2D eigenvalue weighted by Crippen LogP contribution is -2.30. The zero-order valence-electron chi connectivity index (χ0n) is 17.1. The van der Waals surface area contributed by atoms with Gasteiger partial charge in [-0.05, 0) is 53.8 Å². The number of carboxylic acids is 1. The predicted octanol–water partition coefficient (Wildman–Crippen LogP) is 7.21. The van der Waals surface area contributed by atoms with Crippen LogP contribution in [0.3, 0.4) is 0 Å². The van der Waals surface area contributed by atoms with Crippen molar-refractivity contribution in [3.63, 3.8) is 0 Å². The predicted molar refractivity (Wildman–Crippen MR) is 130 cm³/mol. The number of carbonyl (C=O) groups is 1. The monoisotopic (exact) mass is 509 g/mol. The molecule has 32 heavy (non-hydrogen) atoms. The highest BCUT2D eigenvalue weighted by atomic mass is 79.9. The molecule has 0 bridgehead atoms. The standard InChI is InChI=1S/C26H21BrClNO3/c27-17-12-21-19-5-3-6-20(19)24(29-25(21)22(13-17)26(30)31)15-8-10-18(11-9-15)32-14-16-4-1-2-7-23(16)28/h1-5,7-13,19-20,24,29H,6,14H2,(H,30,31)/t19-,20+,24+/m1/s1. The molecule has 162 valence electrons. The molecule has 1 heterocycles. The van der Waals surface area contributed by atoms with Gasteiger partial charge in [-0.1, -0.05) is 70.0 Å². The quantitative estimate of drug-likeness (QED) is 0.356. The molecule has 0 saturated heterocycles. The Kier molecular flexibility index (Phi) is 5.70. The number of rotatable bonds is 5.